The van der Waals surface area contributed by atoms with Gasteiger partial charge in [-0.25, -0.2) is 15.0 Å². The van der Waals surface area contributed by atoms with Gasteiger partial charge in [-0.3, -0.25) is 38.9 Å². The molecule has 1 saturated carbocycles. The third kappa shape index (κ3) is 14.0. The second kappa shape index (κ2) is 18.3. The van der Waals surface area contributed by atoms with Gasteiger partial charge >= 0.3 is 0 Å². The van der Waals surface area contributed by atoms with Gasteiger partial charge in [0.2, 0.25) is 23.8 Å². The van der Waals surface area contributed by atoms with Crippen molar-refractivity contribution >= 4 is 46.6 Å². The number of rotatable bonds is 11. The average molecular weight is 632 g/mol. The maximum Gasteiger partial charge on any atom is 0.275 e. The van der Waals surface area contributed by atoms with Crippen LogP contribution < -0.4 is 55.6 Å². The number of nitrogens with zero attached hydrogens (tertiary/aromatic N) is 3. The number of anilines is 6. The van der Waals surface area contributed by atoms with E-state index >= 15 is 0 Å². The molecule has 19 nitrogen and oxygen atoms in total. The Morgan fingerprint density at radius 2 is 1.22 bits per heavy atom. The maximum atomic E-state index is 11.2. The minimum atomic E-state index is -0.387. The number of nitrogen functional groups attached to an aromatic ring is 3. The van der Waals surface area contributed by atoms with Gasteiger partial charge in [-0.2, -0.15) is 0 Å². The molecule has 4 rings (SSSR count). The van der Waals surface area contributed by atoms with Crippen molar-refractivity contribution in [1.29, 1.82) is 0 Å². The van der Waals surface area contributed by atoms with Gasteiger partial charge in [0.1, 0.15) is 22.8 Å². The topological polar surface area (TPSA) is 332 Å². The van der Waals surface area contributed by atoms with Crippen molar-refractivity contribution in [3.05, 3.63) is 49.7 Å². The number of nitrogens with one attached hydrogen (secondary N) is 6. The van der Waals surface area contributed by atoms with Crippen LogP contribution in [-0.4, -0.2) is 71.9 Å². The second-order valence-electron chi connectivity index (χ2n) is 10.1. The van der Waals surface area contributed by atoms with E-state index in [-0.39, 0.29) is 57.6 Å². The van der Waals surface area contributed by atoms with Crippen molar-refractivity contribution in [2.45, 2.75) is 64.0 Å². The minimum absolute atomic E-state index is 0.0673. The first-order valence-electron chi connectivity index (χ1n) is 14.1. The molecule has 0 spiro atoms. The van der Waals surface area contributed by atoms with E-state index < -0.39 is 0 Å². The highest BCUT2D eigenvalue weighted by molar-refractivity contribution is 5.75. The lowest BCUT2D eigenvalue weighted by molar-refractivity contribution is -0.118. The van der Waals surface area contributed by atoms with Gasteiger partial charge in [0.15, 0.2) is 0 Å². The number of nitrogens with two attached hydrogens (primary N) is 4. The number of aromatic nitrogens is 6. The summed E-state index contributed by atoms with van der Waals surface area (Å²) in [5.41, 5.74) is 20.1. The molecular formula is C26H41N13O6. The molecule has 0 unspecified atom stereocenters. The molecule has 0 saturated heterocycles. The van der Waals surface area contributed by atoms with Crippen LogP contribution in [0.25, 0.3) is 0 Å². The predicted molar refractivity (Wildman–Crippen MR) is 170 cm³/mol. The highest BCUT2D eigenvalue weighted by atomic mass is 16.3. The molecule has 45 heavy (non-hydrogen) atoms. The first kappa shape index (κ1) is 35.7. The number of Topliss-reactive ketones (excluding diaryl/α,β-unsaturated/α-hetero) is 1. The minimum Gasteiger partial charge on any atom is -0.393 e. The fourth-order valence-electron chi connectivity index (χ4n) is 3.71. The summed E-state index contributed by atoms with van der Waals surface area (Å²) in [4.78, 5) is 73.4. The van der Waals surface area contributed by atoms with Crippen LogP contribution in [0.4, 0.5) is 34.9 Å². The van der Waals surface area contributed by atoms with Crippen LogP contribution in [0, 0.1) is 0 Å². The zero-order valence-corrected chi connectivity index (χ0v) is 24.9. The molecule has 246 valence electrons. The summed E-state index contributed by atoms with van der Waals surface area (Å²) in [6.07, 6.45) is 8.34. The quantitative estimate of drug-likeness (QED) is 0.111. The summed E-state index contributed by atoms with van der Waals surface area (Å²) in [6, 6.07) is 0.259. The van der Waals surface area contributed by atoms with E-state index in [0.717, 1.165) is 25.7 Å². The van der Waals surface area contributed by atoms with Crippen LogP contribution in [0.1, 0.15) is 51.9 Å². The first-order chi connectivity index (χ1) is 21.3. The molecule has 1 amide bonds. The number of amides is 1. The number of carbonyl (C=O) groups is 2. The number of H-pyrrole nitrogens is 3. The standard InChI is InChI=1S/C10H16N4O2.C8H13N5O2.C8H12N4O2/c11-8-5-12-10(14-9(8)16)13-6-1-3-7(15)4-2-6;9-5-4-12-8(13-7(5)15)11-3-1-2-6(10)14;1-5(13)2-3-10-8-11-4-6(9)7(14)12-8/h5-7,15H,1-4,11H2,(H2,12,13,14,16);4H,1-3,9H2,(H2,10,14)(H2,11,12,13,15);4H,2-3,9H2,1H3,(H2,10,11,12,14). The van der Waals surface area contributed by atoms with E-state index in [9.17, 15) is 29.1 Å². The molecule has 0 atom stereocenters. The van der Waals surface area contributed by atoms with E-state index in [2.05, 4.69) is 45.9 Å². The highest BCUT2D eigenvalue weighted by Gasteiger charge is 2.19. The van der Waals surface area contributed by atoms with Crippen LogP contribution in [-0.2, 0) is 9.59 Å². The molecule has 3 aromatic rings. The van der Waals surface area contributed by atoms with Crippen molar-refractivity contribution in [2.24, 2.45) is 5.73 Å². The Labute approximate surface area is 257 Å². The number of hydrogen-bond acceptors (Lipinski definition) is 15. The smallest absolute Gasteiger partial charge is 0.275 e. The Kier molecular flexibility index (Phi) is 14.5. The molecule has 1 fully saturated rings. The monoisotopic (exact) mass is 631 g/mol. The van der Waals surface area contributed by atoms with E-state index in [4.69, 9.17) is 22.9 Å². The number of ketones is 1. The van der Waals surface area contributed by atoms with Gasteiger partial charge in [0, 0.05) is 32.0 Å². The van der Waals surface area contributed by atoms with Gasteiger partial charge in [-0.15, -0.1) is 0 Å². The summed E-state index contributed by atoms with van der Waals surface area (Å²) in [5.74, 6) is 0.829. The lowest BCUT2D eigenvalue weighted by Gasteiger charge is -2.26. The molecule has 0 bridgehead atoms. The molecular weight excluding hydrogens is 590 g/mol. The molecule has 3 heterocycles. The number of aliphatic hydroxyl groups excluding tert-OH is 1. The number of primary amides is 1. The Hall–Kier alpha value is -5.46. The maximum absolute atomic E-state index is 11.2. The van der Waals surface area contributed by atoms with E-state index in [1.807, 2.05) is 0 Å². The molecule has 1 aliphatic rings. The normalized spacial score (nSPS) is 15.3. The van der Waals surface area contributed by atoms with Crippen LogP contribution in [0.15, 0.2) is 33.0 Å². The number of carbonyl (C=O) groups excluding carboxylic acids is 2. The Balaban J connectivity index is 0.000000236. The third-order valence-electron chi connectivity index (χ3n) is 6.18. The number of hydrogen-bond donors (Lipinski definition) is 11. The zero-order valence-electron chi connectivity index (χ0n) is 24.9. The Morgan fingerprint density at radius 1 is 0.778 bits per heavy atom. The average Bonchev–Trinajstić information content (AvgIpc) is 2.98. The van der Waals surface area contributed by atoms with Crippen molar-refractivity contribution in [3.63, 3.8) is 0 Å². The van der Waals surface area contributed by atoms with Gasteiger partial charge in [-0.05, 0) is 39.0 Å². The van der Waals surface area contributed by atoms with Crippen LogP contribution in [0.2, 0.25) is 0 Å². The predicted octanol–water partition coefficient (Wildman–Crippen LogP) is -1.16. The van der Waals surface area contributed by atoms with Crippen molar-refractivity contribution in [1.82, 2.24) is 29.9 Å². The second-order valence-corrected chi connectivity index (χ2v) is 10.1. The molecule has 3 aromatic heterocycles. The summed E-state index contributed by atoms with van der Waals surface area (Å²) < 4.78 is 0. The largest absolute Gasteiger partial charge is 0.393 e. The lowest BCUT2D eigenvalue weighted by atomic mass is 9.93. The fourth-order valence-corrected chi connectivity index (χ4v) is 3.71. The molecule has 1 aliphatic carbocycles. The van der Waals surface area contributed by atoms with Crippen molar-refractivity contribution in [3.8, 4) is 0 Å². The van der Waals surface area contributed by atoms with Gasteiger partial charge in [0.25, 0.3) is 16.7 Å². The van der Waals surface area contributed by atoms with E-state index in [0.29, 0.717) is 50.2 Å². The lowest BCUT2D eigenvalue weighted by Crippen LogP contribution is -2.29. The summed E-state index contributed by atoms with van der Waals surface area (Å²) >= 11 is 0. The highest BCUT2D eigenvalue weighted by Crippen LogP contribution is 2.20. The molecule has 0 aliphatic heterocycles. The SMILES string of the molecule is CC(=O)CCNc1ncc(N)c(=O)[nH]1.NC(=O)CCCNc1ncc(N)c(=O)[nH]1.Nc1cnc(NC2CCC(O)CC2)[nH]c1=O. The van der Waals surface area contributed by atoms with Crippen LogP contribution in [0.5, 0.6) is 0 Å². The van der Waals surface area contributed by atoms with E-state index in [1.165, 1.54) is 25.5 Å². The number of aliphatic hydroxyl groups is 1. The van der Waals surface area contributed by atoms with Gasteiger partial charge in [0.05, 0.1) is 24.7 Å². The number of aromatic amines is 3. The van der Waals surface area contributed by atoms with E-state index in [1.54, 1.807) is 0 Å². The molecule has 0 aromatic carbocycles. The van der Waals surface area contributed by atoms with Crippen LogP contribution in [0.3, 0.4) is 0 Å². The Bertz CT molecular complexity index is 1560. The van der Waals surface area contributed by atoms with Gasteiger partial charge in [-0.1, -0.05) is 0 Å². The fraction of sp³-hybridized carbons (Fsp3) is 0.462. The zero-order chi connectivity index (χ0) is 33.4. The third-order valence-corrected chi connectivity index (χ3v) is 6.18. The Morgan fingerprint density at radius 3 is 1.67 bits per heavy atom. The summed E-state index contributed by atoms with van der Waals surface area (Å²) in [7, 11) is 0. The summed E-state index contributed by atoms with van der Waals surface area (Å²) in [6.45, 7) is 2.46. The van der Waals surface area contributed by atoms with Crippen LogP contribution >= 0.6 is 0 Å². The van der Waals surface area contributed by atoms with Crippen molar-refractivity contribution in [2.75, 3.05) is 46.2 Å². The summed E-state index contributed by atoms with van der Waals surface area (Å²) in [5, 5.41) is 18.1. The first-order valence-corrected chi connectivity index (χ1v) is 14.1. The molecule has 0 radical (unpaired) electrons. The van der Waals surface area contributed by atoms with Crippen molar-refractivity contribution < 1.29 is 14.7 Å². The van der Waals surface area contributed by atoms with Gasteiger partial charge < -0.3 is 44.0 Å². The molecule has 15 N–H and O–H groups in total. The molecule has 19 heteroatoms.